The number of hydrogen-bond acceptors (Lipinski definition) is 5. The summed E-state index contributed by atoms with van der Waals surface area (Å²) < 4.78 is 11.2. The molecule has 0 aromatic rings. The fourth-order valence-electron chi connectivity index (χ4n) is 6.61. The highest BCUT2D eigenvalue weighted by Gasteiger charge is 2.37. The van der Waals surface area contributed by atoms with Crippen LogP contribution in [0.15, 0.2) is 0 Å². The normalized spacial score (nSPS) is 32.2. The minimum Gasteiger partial charge on any atom is -0.450 e. The van der Waals surface area contributed by atoms with Crippen molar-refractivity contribution in [2.45, 2.75) is 89.7 Å². The van der Waals surface area contributed by atoms with Crippen molar-refractivity contribution in [3.8, 4) is 0 Å². The second-order valence-electron chi connectivity index (χ2n) is 10.3. The Morgan fingerprint density at radius 2 is 1.74 bits per heavy atom. The van der Waals surface area contributed by atoms with Crippen molar-refractivity contribution in [1.82, 2.24) is 9.80 Å². The molecule has 3 saturated heterocycles. The zero-order valence-electron chi connectivity index (χ0n) is 19.4. The summed E-state index contributed by atoms with van der Waals surface area (Å²) in [7, 11) is 0. The summed E-state index contributed by atoms with van der Waals surface area (Å²) in [6, 6.07) is 0.613. The number of ether oxygens (including phenoxy) is 2. The fourth-order valence-corrected chi connectivity index (χ4v) is 6.61. The van der Waals surface area contributed by atoms with Gasteiger partial charge in [-0.05, 0) is 89.1 Å². The van der Waals surface area contributed by atoms with Crippen LogP contribution in [-0.2, 0) is 14.3 Å². The summed E-state index contributed by atoms with van der Waals surface area (Å²) in [6.45, 7) is 6.68. The SMILES string of the molecule is CCOC(=O)N1CCC(N2CCC(CC3CCC(=O)CO[C@H]4CCCC[C@H]34)CC2)CC1. The van der Waals surface area contributed by atoms with Gasteiger partial charge in [-0.1, -0.05) is 12.8 Å². The molecule has 1 amide bonds. The van der Waals surface area contributed by atoms with E-state index in [0.29, 0.717) is 49.4 Å². The van der Waals surface area contributed by atoms with Crippen LogP contribution in [0.3, 0.4) is 0 Å². The maximum Gasteiger partial charge on any atom is 0.409 e. The Kier molecular flexibility index (Phi) is 8.27. The molecule has 176 valence electrons. The van der Waals surface area contributed by atoms with Gasteiger partial charge in [0.1, 0.15) is 6.61 Å². The number of ketones is 1. The Bertz CT molecular complexity index is 596. The number of carbonyl (C=O) groups is 2. The van der Waals surface area contributed by atoms with Gasteiger partial charge in [0.15, 0.2) is 5.78 Å². The molecule has 0 bridgehead atoms. The average Bonchev–Trinajstić information content (AvgIpc) is 2.80. The summed E-state index contributed by atoms with van der Waals surface area (Å²) in [5, 5.41) is 0. The van der Waals surface area contributed by atoms with Gasteiger partial charge in [0, 0.05) is 25.6 Å². The lowest BCUT2D eigenvalue weighted by molar-refractivity contribution is -0.132. The Morgan fingerprint density at radius 1 is 1.00 bits per heavy atom. The number of nitrogens with zero attached hydrogens (tertiary/aromatic N) is 2. The molecule has 0 spiro atoms. The number of amides is 1. The van der Waals surface area contributed by atoms with Crippen LogP contribution in [0.5, 0.6) is 0 Å². The van der Waals surface area contributed by atoms with E-state index in [-0.39, 0.29) is 6.09 Å². The summed E-state index contributed by atoms with van der Waals surface area (Å²) >= 11 is 0. The van der Waals surface area contributed by atoms with Crippen LogP contribution < -0.4 is 0 Å². The molecule has 0 aromatic carbocycles. The number of carbonyl (C=O) groups excluding carboxylic acids is 2. The van der Waals surface area contributed by atoms with E-state index in [1.165, 1.54) is 51.6 Å². The molecule has 1 aliphatic carbocycles. The van der Waals surface area contributed by atoms with Crippen molar-refractivity contribution in [2.75, 3.05) is 39.4 Å². The first kappa shape index (κ1) is 23.0. The van der Waals surface area contributed by atoms with Crippen molar-refractivity contribution in [2.24, 2.45) is 17.8 Å². The van der Waals surface area contributed by atoms with Gasteiger partial charge in [0.05, 0.1) is 12.7 Å². The Hall–Kier alpha value is -1.14. The van der Waals surface area contributed by atoms with Gasteiger partial charge in [-0.2, -0.15) is 0 Å². The van der Waals surface area contributed by atoms with Gasteiger partial charge in [0.25, 0.3) is 0 Å². The van der Waals surface area contributed by atoms with E-state index in [1.807, 2.05) is 11.8 Å². The molecule has 3 aliphatic heterocycles. The highest BCUT2D eigenvalue weighted by molar-refractivity contribution is 5.79. The number of likely N-dealkylation sites (tertiary alicyclic amines) is 2. The van der Waals surface area contributed by atoms with Crippen LogP contribution in [0.2, 0.25) is 0 Å². The minimum atomic E-state index is -0.151. The first-order valence-electron chi connectivity index (χ1n) is 12.9. The zero-order valence-corrected chi connectivity index (χ0v) is 19.4. The highest BCUT2D eigenvalue weighted by atomic mass is 16.6. The first-order chi connectivity index (χ1) is 15.1. The van der Waals surface area contributed by atoms with E-state index in [9.17, 15) is 9.59 Å². The van der Waals surface area contributed by atoms with Crippen LogP contribution in [0.1, 0.15) is 77.6 Å². The van der Waals surface area contributed by atoms with Gasteiger partial charge >= 0.3 is 6.09 Å². The quantitative estimate of drug-likeness (QED) is 0.662. The molecule has 4 aliphatic rings. The van der Waals surface area contributed by atoms with Crippen LogP contribution in [0.4, 0.5) is 4.79 Å². The second-order valence-corrected chi connectivity index (χ2v) is 10.3. The lowest BCUT2D eigenvalue weighted by atomic mass is 9.71. The van der Waals surface area contributed by atoms with Gasteiger partial charge < -0.3 is 19.3 Å². The molecule has 1 unspecified atom stereocenters. The van der Waals surface area contributed by atoms with E-state index in [2.05, 4.69) is 4.90 Å². The van der Waals surface area contributed by atoms with Gasteiger partial charge in [0.2, 0.25) is 0 Å². The molecule has 3 heterocycles. The second kappa shape index (κ2) is 11.1. The van der Waals surface area contributed by atoms with Gasteiger partial charge in [-0.25, -0.2) is 4.79 Å². The molecule has 3 atom stereocenters. The number of piperidine rings is 2. The highest BCUT2D eigenvalue weighted by Crippen LogP contribution is 2.40. The predicted octanol–water partition coefficient (Wildman–Crippen LogP) is 4.26. The molecule has 1 saturated carbocycles. The minimum absolute atomic E-state index is 0.151. The molecule has 6 nitrogen and oxygen atoms in total. The third-order valence-corrected chi connectivity index (χ3v) is 8.40. The topological polar surface area (TPSA) is 59.1 Å². The monoisotopic (exact) mass is 434 g/mol. The summed E-state index contributed by atoms with van der Waals surface area (Å²) in [5.74, 6) is 2.43. The van der Waals surface area contributed by atoms with Gasteiger partial charge in [-0.15, -0.1) is 0 Å². The maximum absolute atomic E-state index is 12.1. The van der Waals surface area contributed by atoms with Crippen molar-refractivity contribution in [1.29, 1.82) is 0 Å². The third kappa shape index (κ3) is 6.01. The van der Waals surface area contributed by atoms with E-state index in [1.54, 1.807) is 0 Å². The van der Waals surface area contributed by atoms with E-state index < -0.39 is 0 Å². The number of Topliss-reactive ketones (excluding diaryl/α,β-unsaturated/α-hetero) is 1. The lowest BCUT2D eigenvalue weighted by Crippen LogP contribution is -2.49. The summed E-state index contributed by atoms with van der Waals surface area (Å²) in [5.41, 5.74) is 0. The summed E-state index contributed by atoms with van der Waals surface area (Å²) in [6.07, 6.45) is 13.0. The average molecular weight is 435 g/mol. The predicted molar refractivity (Wildman–Crippen MR) is 120 cm³/mol. The molecule has 0 radical (unpaired) electrons. The zero-order chi connectivity index (χ0) is 21.6. The molecule has 0 aromatic heterocycles. The van der Waals surface area contributed by atoms with Crippen molar-refractivity contribution in [3.05, 3.63) is 0 Å². The Morgan fingerprint density at radius 3 is 2.48 bits per heavy atom. The molecule has 31 heavy (non-hydrogen) atoms. The molecule has 4 fully saturated rings. The number of hydrogen-bond donors (Lipinski definition) is 0. The van der Waals surface area contributed by atoms with Crippen molar-refractivity contribution < 1.29 is 19.1 Å². The van der Waals surface area contributed by atoms with Crippen LogP contribution in [0.25, 0.3) is 0 Å². The molecule has 6 heteroatoms. The summed E-state index contributed by atoms with van der Waals surface area (Å²) in [4.78, 5) is 28.6. The van der Waals surface area contributed by atoms with E-state index >= 15 is 0 Å². The van der Waals surface area contributed by atoms with Crippen molar-refractivity contribution in [3.63, 3.8) is 0 Å². The third-order valence-electron chi connectivity index (χ3n) is 8.40. The first-order valence-corrected chi connectivity index (χ1v) is 12.9. The number of fused-ring (bicyclic) bond motifs is 1. The van der Waals surface area contributed by atoms with Crippen LogP contribution in [0, 0.1) is 17.8 Å². The Labute approximate surface area is 188 Å². The maximum atomic E-state index is 12.1. The molecule has 4 rings (SSSR count). The molecule has 0 N–H and O–H groups in total. The largest absolute Gasteiger partial charge is 0.450 e. The number of rotatable bonds is 4. The fraction of sp³-hybridized carbons (Fsp3) is 0.920. The lowest BCUT2D eigenvalue weighted by Gasteiger charge is -2.43. The Balaban J connectivity index is 1.24. The van der Waals surface area contributed by atoms with Gasteiger partial charge in [-0.3, -0.25) is 4.79 Å². The van der Waals surface area contributed by atoms with Crippen molar-refractivity contribution >= 4 is 11.9 Å². The van der Waals surface area contributed by atoms with E-state index in [0.717, 1.165) is 44.7 Å². The van der Waals surface area contributed by atoms with Crippen LogP contribution >= 0.6 is 0 Å². The van der Waals surface area contributed by atoms with Crippen LogP contribution in [-0.4, -0.2) is 73.2 Å². The standard InChI is InChI=1S/C25H42N2O4/c1-2-30-25(29)27-15-11-21(12-16-27)26-13-9-19(10-14-26)17-20-7-8-22(28)18-31-24-6-4-3-5-23(20)24/h19-21,23-24H,2-18H2,1H3/t20?,23-,24+/m1/s1. The van der Waals surface area contributed by atoms with E-state index in [4.69, 9.17) is 9.47 Å². The molecular formula is C25H42N2O4. The molecular weight excluding hydrogens is 392 g/mol. The smallest absolute Gasteiger partial charge is 0.409 e.